The maximum atomic E-state index is 11.9. The number of benzene rings is 2. The van der Waals surface area contributed by atoms with Crippen molar-refractivity contribution in [2.24, 2.45) is 0 Å². The normalized spacial score (nSPS) is 10.6. The highest BCUT2D eigenvalue weighted by molar-refractivity contribution is 5.87. The Balaban J connectivity index is 1.51. The van der Waals surface area contributed by atoms with Crippen molar-refractivity contribution in [1.82, 2.24) is 9.99 Å². The number of aromatic nitrogens is 1. The molecule has 1 aromatic heterocycles. The fourth-order valence-electron chi connectivity index (χ4n) is 2.55. The first-order valence-corrected chi connectivity index (χ1v) is 7.99. The van der Waals surface area contributed by atoms with Crippen LogP contribution < -0.4 is 21.7 Å². The number of nitrogens with zero attached hydrogens (tertiary/aromatic N) is 1. The van der Waals surface area contributed by atoms with Gasteiger partial charge in [0.25, 0.3) is 0 Å². The number of nitrogens with one attached hydrogen (secondary N) is 2. The SMILES string of the molecule is O=C(CCCn1c(=O)oc2ccccc21)NNc1cccc(C(=O)[O-])c1. The second-order valence-corrected chi connectivity index (χ2v) is 5.63. The third-order valence-electron chi connectivity index (χ3n) is 3.80. The number of carbonyl (C=O) groups is 2. The number of hydrazine groups is 1. The summed E-state index contributed by atoms with van der Waals surface area (Å²) in [6.45, 7) is 0.351. The third-order valence-corrected chi connectivity index (χ3v) is 3.80. The Morgan fingerprint density at radius 1 is 1.12 bits per heavy atom. The van der Waals surface area contributed by atoms with Gasteiger partial charge in [-0.15, -0.1) is 0 Å². The summed E-state index contributed by atoms with van der Waals surface area (Å²) >= 11 is 0. The number of carbonyl (C=O) groups excluding carboxylic acids is 2. The Bertz CT molecular complexity index is 1010. The molecule has 8 heteroatoms. The lowest BCUT2D eigenvalue weighted by molar-refractivity contribution is -0.255. The van der Waals surface area contributed by atoms with Gasteiger partial charge >= 0.3 is 5.76 Å². The molecule has 0 saturated carbocycles. The van der Waals surface area contributed by atoms with Gasteiger partial charge in [0.2, 0.25) is 5.91 Å². The predicted octanol–water partition coefficient (Wildman–Crippen LogP) is 0.881. The molecule has 134 valence electrons. The average Bonchev–Trinajstić information content (AvgIpc) is 2.96. The van der Waals surface area contributed by atoms with E-state index < -0.39 is 11.7 Å². The zero-order chi connectivity index (χ0) is 18.5. The van der Waals surface area contributed by atoms with E-state index in [2.05, 4.69) is 10.9 Å². The molecule has 0 aliphatic rings. The highest BCUT2D eigenvalue weighted by atomic mass is 16.4. The van der Waals surface area contributed by atoms with Crippen molar-refractivity contribution in [2.75, 3.05) is 5.43 Å². The Kier molecular flexibility index (Phi) is 5.02. The number of fused-ring (bicyclic) bond motifs is 1. The van der Waals surface area contributed by atoms with Crippen LogP contribution in [0.2, 0.25) is 0 Å². The molecule has 0 spiro atoms. The number of aryl methyl sites for hydroxylation is 1. The van der Waals surface area contributed by atoms with Crippen LogP contribution >= 0.6 is 0 Å². The molecule has 0 bridgehead atoms. The second kappa shape index (κ2) is 7.56. The first kappa shape index (κ1) is 17.3. The molecule has 0 radical (unpaired) electrons. The molecule has 26 heavy (non-hydrogen) atoms. The lowest BCUT2D eigenvalue weighted by atomic mass is 10.2. The van der Waals surface area contributed by atoms with Crippen LogP contribution in [0.3, 0.4) is 0 Å². The number of hydrogen-bond donors (Lipinski definition) is 2. The molecule has 2 N–H and O–H groups in total. The van der Waals surface area contributed by atoms with Crippen molar-refractivity contribution in [1.29, 1.82) is 0 Å². The molecule has 0 saturated heterocycles. The fourth-order valence-corrected chi connectivity index (χ4v) is 2.55. The molecule has 1 amide bonds. The summed E-state index contributed by atoms with van der Waals surface area (Å²) in [6, 6.07) is 13.0. The molecule has 0 atom stereocenters. The monoisotopic (exact) mass is 354 g/mol. The number of amides is 1. The molecule has 0 aliphatic heterocycles. The number of carboxylic acids is 1. The van der Waals surface area contributed by atoms with Gasteiger partial charge in [-0.1, -0.05) is 24.3 Å². The Labute approximate surface area is 148 Å². The first-order chi connectivity index (χ1) is 12.5. The summed E-state index contributed by atoms with van der Waals surface area (Å²) in [6.07, 6.45) is 0.620. The minimum Gasteiger partial charge on any atom is -0.545 e. The van der Waals surface area contributed by atoms with Crippen molar-refractivity contribution >= 4 is 28.7 Å². The number of para-hydroxylation sites is 2. The summed E-state index contributed by atoms with van der Waals surface area (Å²) in [5.74, 6) is -2.04. The molecule has 3 aromatic rings. The van der Waals surface area contributed by atoms with E-state index in [-0.39, 0.29) is 17.9 Å². The van der Waals surface area contributed by atoms with Gasteiger partial charge in [-0.05, 0) is 36.2 Å². The molecule has 0 fully saturated rings. The van der Waals surface area contributed by atoms with Crippen molar-refractivity contribution < 1.29 is 19.1 Å². The lowest BCUT2D eigenvalue weighted by Gasteiger charge is -2.10. The van der Waals surface area contributed by atoms with Crippen LogP contribution in [0.4, 0.5) is 5.69 Å². The van der Waals surface area contributed by atoms with Gasteiger partial charge in [0, 0.05) is 13.0 Å². The summed E-state index contributed by atoms with van der Waals surface area (Å²) < 4.78 is 6.62. The largest absolute Gasteiger partial charge is 0.545 e. The summed E-state index contributed by atoms with van der Waals surface area (Å²) in [5, 5.41) is 10.8. The van der Waals surface area contributed by atoms with E-state index in [0.29, 0.717) is 29.8 Å². The zero-order valence-corrected chi connectivity index (χ0v) is 13.7. The highest BCUT2D eigenvalue weighted by Gasteiger charge is 2.09. The lowest BCUT2D eigenvalue weighted by Crippen LogP contribution is -2.30. The van der Waals surface area contributed by atoms with E-state index >= 15 is 0 Å². The minimum absolute atomic E-state index is 0.00969. The van der Waals surface area contributed by atoms with Crippen LogP contribution in [-0.4, -0.2) is 16.4 Å². The smallest absolute Gasteiger partial charge is 0.419 e. The Hall–Kier alpha value is -3.55. The maximum absolute atomic E-state index is 11.9. The van der Waals surface area contributed by atoms with Crippen molar-refractivity contribution in [3.05, 3.63) is 64.6 Å². The predicted molar refractivity (Wildman–Crippen MR) is 92.2 cm³/mol. The summed E-state index contributed by atoms with van der Waals surface area (Å²) in [4.78, 5) is 34.5. The van der Waals surface area contributed by atoms with E-state index in [1.54, 1.807) is 24.3 Å². The van der Waals surface area contributed by atoms with Gasteiger partial charge in [0.1, 0.15) is 0 Å². The number of hydrogen-bond acceptors (Lipinski definition) is 6. The number of carboxylic acid groups (broad SMARTS) is 1. The molecule has 3 rings (SSSR count). The average molecular weight is 354 g/mol. The molecular formula is C18H16N3O5-. The number of anilines is 1. The Morgan fingerprint density at radius 2 is 1.92 bits per heavy atom. The van der Waals surface area contributed by atoms with Gasteiger partial charge in [0.05, 0.1) is 17.2 Å². The van der Waals surface area contributed by atoms with Gasteiger partial charge in [-0.3, -0.25) is 20.2 Å². The number of aromatic carboxylic acids is 1. The van der Waals surface area contributed by atoms with E-state index in [4.69, 9.17) is 4.42 Å². The van der Waals surface area contributed by atoms with Crippen LogP contribution in [-0.2, 0) is 11.3 Å². The molecule has 0 unspecified atom stereocenters. The number of rotatable bonds is 7. The van der Waals surface area contributed by atoms with Crippen LogP contribution in [0.15, 0.2) is 57.7 Å². The van der Waals surface area contributed by atoms with Crippen molar-refractivity contribution in [3.63, 3.8) is 0 Å². The first-order valence-electron chi connectivity index (χ1n) is 7.99. The molecule has 1 heterocycles. The summed E-state index contributed by atoms with van der Waals surface area (Å²) in [7, 11) is 0. The van der Waals surface area contributed by atoms with Crippen LogP contribution in [0.25, 0.3) is 11.1 Å². The fraction of sp³-hybridized carbons (Fsp3) is 0.167. The molecular weight excluding hydrogens is 338 g/mol. The quantitative estimate of drug-likeness (QED) is 0.609. The van der Waals surface area contributed by atoms with Crippen LogP contribution in [0, 0.1) is 0 Å². The topological polar surface area (TPSA) is 116 Å². The summed E-state index contributed by atoms with van der Waals surface area (Å²) in [5.41, 5.74) is 6.77. The van der Waals surface area contributed by atoms with Crippen LogP contribution in [0.1, 0.15) is 23.2 Å². The zero-order valence-electron chi connectivity index (χ0n) is 13.7. The van der Waals surface area contributed by atoms with Crippen molar-refractivity contribution in [3.8, 4) is 0 Å². The number of oxazole rings is 1. The standard InChI is InChI=1S/C18H17N3O5/c22-16(20-19-13-6-3-5-12(11-13)17(23)24)9-4-10-21-14-7-1-2-8-15(14)26-18(21)25/h1-3,5-8,11,19H,4,9-10H2,(H,20,22)(H,23,24)/p-1. The van der Waals surface area contributed by atoms with Crippen molar-refractivity contribution in [2.45, 2.75) is 19.4 Å². The van der Waals surface area contributed by atoms with Gasteiger partial charge in [-0.2, -0.15) is 0 Å². The molecule has 2 aromatic carbocycles. The third kappa shape index (κ3) is 3.92. The Morgan fingerprint density at radius 3 is 2.73 bits per heavy atom. The van der Waals surface area contributed by atoms with Crippen LogP contribution in [0.5, 0.6) is 0 Å². The highest BCUT2D eigenvalue weighted by Crippen LogP contribution is 2.12. The maximum Gasteiger partial charge on any atom is 0.419 e. The van der Waals surface area contributed by atoms with Gasteiger partial charge < -0.3 is 14.3 Å². The van der Waals surface area contributed by atoms with Gasteiger partial charge in [-0.25, -0.2) is 4.79 Å². The minimum atomic E-state index is -1.29. The van der Waals surface area contributed by atoms with E-state index in [1.165, 1.54) is 22.8 Å². The molecule has 8 nitrogen and oxygen atoms in total. The van der Waals surface area contributed by atoms with Gasteiger partial charge in [0.15, 0.2) is 5.58 Å². The van der Waals surface area contributed by atoms with E-state index in [9.17, 15) is 19.5 Å². The van der Waals surface area contributed by atoms with E-state index in [0.717, 1.165) is 0 Å². The van der Waals surface area contributed by atoms with E-state index in [1.807, 2.05) is 6.07 Å². The molecule has 0 aliphatic carbocycles. The second-order valence-electron chi connectivity index (χ2n) is 5.63.